The van der Waals surface area contributed by atoms with E-state index in [4.69, 9.17) is 9.84 Å². The molecule has 16 heavy (non-hydrogen) atoms. The maximum absolute atomic E-state index is 11.2. The molecule has 1 heterocycles. The van der Waals surface area contributed by atoms with E-state index >= 15 is 0 Å². The third kappa shape index (κ3) is 2.74. The van der Waals surface area contributed by atoms with E-state index in [0.717, 1.165) is 0 Å². The first kappa shape index (κ1) is 12.5. The van der Waals surface area contributed by atoms with Gasteiger partial charge in [-0.2, -0.15) is 0 Å². The average molecular weight is 226 g/mol. The summed E-state index contributed by atoms with van der Waals surface area (Å²) in [5, 5.41) is 18.6. The number of carbonyl (C=O) groups is 1. The van der Waals surface area contributed by atoms with Crippen LogP contribution in [0, 0.1) is 0 Å². The molecule has 6 nitrogen and oxygen atoms in total. The molecule has 1 atom stereocenters. The molecule has 0 aromatic carbocycles. The van der Waals surface area contributed by atoms with Crippen molar-refractivity contribution < 1.29 is 19.7 Å². The molecule has 1 aromatic heterocycles. The molecular formula is C10H14N2O4. The van der Waals surface area contributed by atoms with E-state index in [-0.39, 0.29) is 18.0 Å². The topological polar surface area (TPSA) is 92.5 Å². The first-order valence-corrected chi connectivity index (χ1v) is 4.84. The second kappa shape index (κ2) is 5.00. The van der Waals surface area contributed by atoms with E-state index in [1.807, 2.05) is 0 Å². The summed E-state index contributed by atoms with van der Waals surface area (Å²) in [6.07, 6.45) is 2.44. The molecule has 1 rings (SSSR count). The van der Waals surface area contributed by atoms with Crippen LogP contribution in [-0.4, -0.2) is 39.4 Å². The summed E-state index contributed by atoms with van der Waals surface area (Å²) in [5.74, 6) is -0.565. The Morgan fingerprint density at radius 1 is 1.50 bits per heavy atom. The summed E-state index contributed by atoms with van der Waals surface area (Å²) in [4.78, 5) is 18.9. The molecule has 0 saturated carbocycles. The Balaban J connectivity index is 2.87. The molecular weight excluding hydrogens is 212 g/mol. The van der Waals surface area contributed by atoms with E-state index in [1.54, 1.807) is 6.92 Å². The molecule has 0 saturated heterocycles. The molecule has 2 N–H and O–H groups in total. The van der Waals surface area contributed by atoms with E-state index in [2.05, 4.69) is 9.97 Å². The van der Waals surface area contributed by atoms with Gasteiger partial charge < -0.3 is 14.9 Å². The second-order valence-corrected chi connectivity index (χ2v) is 3.44. The third-order valence-electron chi connectivity index (χ3n) is 2.00. The molecule has 0 unspecified atom stereocenters. The Kier molecular flexibility index (Phi) is 3.92. The van der Waals surface area contributed by atoms with Gasteiger partial charge in [0.15, 0.2) is 5.69 Å². The van der Waals surface area contributed by atoms with Crippen molar-refractivity contribution in [1.82, 2.24) is 9.97 Å². The zero-order valence-corrected chi connectivity index (χ0v) is 9.17. The van der Waals surface area contributed by atoms with Gasteiger partial charge in [-0.3, -0.25) is 4.98 Å². The zero-order valence-electron chi connectivity index (χ0n) is 9.17. The Hall–Kier alpha value is -1.53. The molecule has 0 amide bonds. The molecule has 88 valence electrons. The van der Waals surface area contributed by atoms with Gasteiger partial charge >= 0.3 is 5.97 Å². The zero-order chi connectivity index (χ0) is 12.2. The van der Waals surface area contributed by atoms with E-state index in [9.17, 15) is 9.90 Å². The first-order chi connectivity index (χ1) is 7.51. The van der Waals surface area contributed by atoms with Crippen molar-refractivity contribution in [3.63, 3.8) is 0 Å². The maximum atomic E-state index is 11.2. The highest BCUT2D eigenvalue weighted by atomic mass is 16.5. The van der Waals surface area contributed by atoms with E-state index in [1.165, 1.54) is 19.3 Å². The quantitative estimate of drug-likeness (QED) is 0.694. The lowest BCUT2D eigenvalue weighted by Crippen LogP contribution is -2.27. The molecule has 0 aliphatic carbocycles. The Morgan fingerprint density at radius 2 is 2.19 bits per heavy atom. The van der Waals surface area contributed by atoms with Gasteiger partial charge in [0, 0.05) is 0 Å². The van der Waals surface area contributed by atoms with Gasteiger partial charge in [-0.1, -0.05) is 0 Å². The molecule has 0 spiro atoms. The molecule has 0 radical (unpaired) electrons. The molecule has 0 bridgehead atoms. The van der Waals surface area contributed by atoms with Crippen LogP contribution in [0.2, 0.25) is 0 Å². The van der Waals surface area contributed by atoms with Crippen molar-refractivity contribution in [2.45, 2.75) is 19.4 Å². The van der Waals surface area contributed by atoms with Crippen molar-refractivity contribution in [3.05, 3.63) is 23.8 Å². The Bertz CT molecular complexity index is 362. The summed E-state index contributed by atoms with van der Waals surface area (Å²) in [7, 11) is 0. The molecule has 0 fully saturated rings. The summed E-state index contributed by atoms with van der Waals surface area (Å²) < 4.78 is 4.73. The van der Waals surface area contributed by atoms with Gasteiger partial charge in [0.1, 0.15) is 5.60 Å². The fraction of sp³-hybridized carbons (Fsp3) is 0.500. The number of rotatable bonds is 4. The third-order valence-corrected chi connectivity index (χ3v) is 2.00. The number of hydrogen-bond donors (Lipinski definition) is 2. The predicted molar refractivity (Wildman–Crippen MR) is 54.6 cm³/mol. The second-order valence-electron chi connectivity index (χ2n) is 3.44. The average Bonchev–Trinajstić information content (AvgIpc) is 2.29. The minimum atomic E-state index is -1.46. The Labute approximate surface area is 92.9 Å². The SMILES string of the molecule is CCOC(=O)c1cnc([C@](C)(O)CO)cn1. The van der Waals surface area contributed by atoms with E-state index in [0.29, 0.717) is 0 Å². The monoisotopic (exact) mass is 226 g/mol. The largest absolute Gasteiger partial charge is 0.461 e. The number of aliphatic hydroxyl groups is 2. The lowest BCUT2D eigenvalue weighted by molar-refractivity contribution is -0.00625. The van der Waals surface area contributed by atoms with Gasteiger partial charge in [-0.05, 0) is 13.8 Å². The number of nitrogens with zero attached hydrogens (tertiary/aromatic N) is 2. The van der Waals surface area contributed by atoms with Crippen LogP contribution in [-0.2, 0) is 10.3 Å². The normalized spacial score (nSPS) is 14.2. The lowest BCUT2D eigenvalue weighted by atomic mass is 10.1. The fourth-order valence-electron chi connectivity index (χ4n) is 0.998. The van der Waals surface area contributed by atoms with Crippen LogP contribution in [0.1, 0.15) is 30.0 Å². The highest BCUT2D eigenvalue weighted by Gasteiger charge is 2.24. The number of aliphatic hydroxyl groups excluding tert-OH is 1. The minimum absolute atomic E-state index is 0.0688. The molecule has 6 heteroatoms. The van der Waals surface area contributed by atoms with Gasteiger partial charge in [0.25, 0.3) is 0 Å². The summed E-state index contributed by atoms with van der Waals surface area (Å²) >= 11 is 0. The predicted octanol–water partition coefficient (Wildman–Crippen LogP) is -0.147. The van der Waals surface area contributed by atoms with Gasteiger partial charge in [0.2, 0.25) is 0 Å². The van der Waals surface area contributed by atoms with Crippen molar-refractivity contribution in [3.8, 4) is 0 Å². The van der Waals surface area contributed by atoms with E-state index < -0.39 is 18.2 Å². The highest BCUT2D eigenvalue weighted by molar-refractivity contribution is 5.86. The van der Waals surface area contributed by atoms with Crippen molar-refractivity contribution in [2.75, 3.05) is 13.2 Å². The van der Waals surface area contributed by atoms with Crippen molar-refractivity contribution >= 4 is 5.97 Å². The van der Waals surface area contributed by atoms with Crippen LogP contribution in [0.15, 0.2) is 12.4 Å². The van der Waals surface area contributed by atoms with Crippen LogP contribution >= 0.6 is 0 Å². The number of ether oxygens (including phenoxy) is 1. The van der Waals surface area contributed by atoms with Gasteiger partial charge in [0.05, 0.1) is 31.3 Å². The van der Waals surface area contributed by atoms with Gasteiger partial charge in [-0.15, -0.1) is 0 Å². The number of esters is 1. The smallest absolute Gasteiger partial charge is 0.358 e. The highest BCUT2D eigenvalue weighted by Crippen LogP contribution is 2.16. The van der Waals surface area contributed by atoms with Crippen LogP contribution in [0.5, 0.6) is 0 Å². The summed E-state index contributed by atoms with van der Waals surface area (Å²) in [6.45, 7) is 2.88. The number of carbonyl (C=O) groups excluding carboxylic acids is 1. The van der Waals surface area contributed by atoms with Crippen LogP contribution in [0.3, 0.4) is 0 Å². The first-order valence-electron chi connectivity index (χ1n) is 4.84. The molecule has 1 aromatic rings. The van der Waals surface area contributed by atoms with Gasteiger partial charge in [-0.25, -0.2) is 9.78 Å². The number of hydrogen-bond acceptors (Lipinski definition) is 6. The standard InChI is InChI=1S/C10H14N2O4/c1-3-16-9(14)7-4-12-8(5-11-7)10(2,15)6-13/h4-5,13,15H,3,6H2,1-2H3/t10-/m1/s1. The maximum Gasteiger partial charge on any atom is 0.358 e. The summed E-state index contributed by atoms with van der Waals surface area (Å²) in [5.41, 5.74) is -1.19. The molecule has 0 aliphatic heterocycles. The van der Waals surface area contributed by atoms with Crippen LogP contribution in [0.25, 0.3) is 0 Å². The summed E-state index contributed by atoms with van der Waals surface area (Å²) in [6, 6.07) is 0. The Morgan fingerprint density at radius 3 is 2.62 bits per heavy atom. The number of aromatic nitrogens is 2. The van der Waals surface area contributed by atoms with Crippen molar-refractivity contribution in [1.29, 1.82) is 0 Å². The minimum Gasteiger partial charge on any atom is -0.461 e. The van der Waals surface area contributed by atoms with Crippen molar-refractivity contribution in [2.24, 2.45) is 0 Å². The van der Waals surface area contributed by atoms with Crippen LogP contribution in [0.4, 0.5) is 0 Å². The lowest BCUT2D eigenvalue weighted by Gasteiger charge is -2.18. The van der Waals surface area contributed by atoms with Crippen LogP contribution < -0.4 is 0 Å². The molecule has 0 aliphatic rings. The fourth-order valence-corrected chi connectivity index (χ4v) is 0.998.